The summed E-state index contributed by atoms with van der Waals surface area (Å²) < 4.78 is 22.7. The van der Waals surface area contributed by atoms with Gasteiger partial charge < -0.3 is 10.6 Å². The molecule has 0 spiro atoms. The Morgan fingerprint density at radius 2 is 1.76 bits per heavy atom. The van der Waals surface area contributed by atoms with Gasteiger partial charge in [0, 0.05) is 18.0 Å². The van der Waals surface area contributed by atoms with Gasteiger partial charge in [0.05, 0.1) is 0 Å². The fourth-order valence-corrected chi connectivity index (χ4v) is 2.22. The van der Waals surface area contributed by atoms with Crippen molar-refractivity contribution in [3.63, 3.8) is 0 Å². The standard InChI is InChI=1S/C15H24N2O3S/c1-5-10-16-11(2)13-6-8-14(9-7-13)17-15(18)12(3)21(4,19)20/h6-9,11-12,16H,5,10H2,1-4H3,(H,17,18). The summed E-state index contributed by atoms with van der Waals surface area (Å²) in [7, 11) is -3.38. The van der Waals surface area contributed by atoms with Gasteiger partial charge in [0.1, 0.15) is 5.25 Å². The number of amides is 1. The topological polar surface area (TPSA) is 75.3 Å². The molecule has 2 unspecified atom stereocenters. The maximum atomic E-state index is 11.8. The largest absolute Gasteiger partial charge is 0.325 e. The molecule has 0 bridgehead atoms. The maximum Gasteiger partial charge on any atom is 0.242 e. The molecular weight excluding hydrogens is 288 g/mol. The predicted octanol–water partition coefficient (Wildman–Crippen LogP) is 2.12. The van der Waals surface area contributed by atoms with Gasteiger partial charge in [-0.05, 0) is 44.5 Å². The average Bonchev–Trinajstić information content (AvgIpc) is 2.43. The van der Waals surface area contributed by atoms with E-state index in [1.54, 1.807) is 12.1 Å². The van der Waals surface area contributed by atoms with Gasteiger partial charge in [0.15, 0.2) is 9.84 Å². The van der Waals surface area contributed by atoms with Crippen LogP contribution in [0.4, 0.5) is 5.69 Å². The summed E-state index contributed by atoms with van der Waals surface area (Å²) in [6, 6.07) is 7.66. The van der Waals surface area contributed by atoms with Crippen LogP contribution in [0.2, 0.25) is 0 Å². The summed E-state index contributed by atoms with van der Waals surface area (Å²) in [4.78, 5) is 11.8. The van der Waals surface area contributed by atoms with Crippen molar-refractivity contribution >= 4 is 21.4 Å². The molecule has 6 heteroatoms. The Balaban J connectivity index is 2.69. The first-order valence-electron chi connectivity index (χ1n) is 7.08. The number of rotatable bonds is 7. The fraction of sp³-hybridized carbons (Fsp3) is 0.533. The molecule has 0 aliphatic rings. The number of hydrogen-bond acceptors (Lipinski definition) is 4. The van der Waals surface area contributed by atoms with E-state index < -0.39 is 21.0 Å². The molecule has 0 fully saturated rings. The molecule has 0 heterocycles. The molecule has 0 aromatic heterocycles. The summed E-state index contributed by atoms with van der Waals surface area (Å²) >= 11 is 0. The number of carbonyl (C=O) groups excluding carboxylic acids is 1. The Labute approximate surface area is 127 Å². The minimum Gasteiger partial charge on any atom is -0.325 e. The SMILES string of the molecule is CCCNC(C)c1ccc(NC(=O)C(C)S(C)(=O)=O)cc1. The van der Waals surface area contributed by atoms with Gasteiger partial charge in [-0.25, -0.2) is 8.42 Å². The summed E-state index contributed by atoms with van der Waals surface area (Å²) in [6.07, 6.45) is 2.13. The monoisotopic (exact) mass is 312 g/mol. The Hall–Kier alpha value is -1.40. The molecule has 2 atom stereocenters. The molecule has 0 radical (unpaired) electrons. The molecule has 0 saturated carbocycles. The minimum absolute atomic E-state index is 0.240. The molecule has 0 saturated heterocycles. The van der Waals surface area contributed by atoms with Crippen molar-refractivity contribution in [2.45, 2.75) is 38.5 Å². The lowest BCUT2D eigenvalue weighted by atomic mass is 10.1. The zero-order valence-corrected chi connectivity index (χ0v) is 13.8. The summed E-state index contributed by atoms with van der Waals surface area (Å²) in [5.74, 6) is -0.512. The van der Waals surface area contributed by atoms with E-state index in [2.05, 4.69) is 24.5 Å². The van der Waals surface area contributed by atoms with Crippen LogP contribution in [0, 0.1) is 0 Å². The highest BCUT2D eigenvalue weighted by atomic mass is 32.2. The molecule has 1 amide bonds. The second-order valence-corrected chi connectivity index (χ2v) is 7.62. The first-order chi connectivity index (χ1) is 9.75. The highest BCUT2D eigenvalue weighted by Gasteiger charge is 2.23. The Bertz CT molecular complexity index is 567. The van der Waals surface area contributed by atoms with Gasteiger partial charge >= 0.3 is 0 Å². The fourth-order valence-electron chi connectivity index (χ4n) is 1.77. The summed E-state index contributed by atoms with van der Waals surface area (Å²) in [5, 5.41) is 4.95. The van der Waals surface area contributed by atoms with Gasteiger partial charge in [-0.15, -0.1) is 0 Å². The predicted molar refractivity (Wildman–Crippen MR) is 86.1 cm³/mol. The zero-order chi connectivity index (χ0) is 16.0. The molecule has 2 N–H and O–H groups in total. The van der Waals surface area contributed by atoms with E-state index in [-0.39, 0.29) is 6.04 Å². The normalized spacial score (nSPS) is 14.5. The van der Waals surface area contributed by atoms with Crippen LogP contribution < -0.4 is 10.6 Å². The molecule has 0 aliphatic heterocycles. The van der Waals surface area contributed by atoms with E-state index in [4.69, 9.17) is 0 Å². The van der Waals surface area contributed by atoms with Crippen molar-refractivity contribution in [1.29, 1.82) is 0 Å². The van der Waals surface area contributed by atoms with Crippen LogP contribution in [-0.4, -0.2) is 32.4 Å². The van der Waals surface area contributed by atoms with Crippen molar-refractivity contribution in [3.8, 4) is 0 Å². The first kappa shape index (κ1) is 17.7. The van der Waals surface area contributed by atoms with Crippen LogP contribution in [0.3, 0.4) is 0 Å². The van der Waals surface area contributed by atoms with Crippen molar-refractivity contribution in [2.24, 2.45) is 0 Å². The van der Waals surface area contributed by atoms with Gasteiger partial charge in [0.2, 0.25) is 5.91 Å². The van der Waals surface area contributed by atoms with E-state index in [9.17, 15) is 13.2 Å². The molecule has 0 aliphatic carbocycles. The van der Waals surface area contributed by atoms with E-state index in [1.165, 1.54) is 6.92 Å². The lowest BCUT2D eigenvalue weighted by molar-refractivity contribution is -0.115. The molecule has 21 heavy (non-hydrogen) atoms. The maximum absolute atomic E-state index is 11.8. The van der Waals surface area contributed by atoms with E-state index >= 15 is 0 Å². The summed E-state index contributed by atoms with van der Waals surface area (Å²) in [5.41, 5.74) is 1.72. The summed E-state index contributed by atoms with van der Waals surface area (Å²) in [6.45, 7) is 6.53. The number of hydrogen-bond donors (Lipinski definition) is 2. The van der Waals surface area contributed by atoms with Gasteiger partial charge in [-0.1, -0.05) is 19.1 Å². The molecular formula is C15H24N2O3S. The van der Waals surface area contributed by atoms with Crippen LogP contribution in [0.5, 0.6) is 0 Å². The van der Waals surface area contributed by atoms with Crippen molar-refractivity contribution < 1.29 is 13.2 Å². The lowest BCUT2D eigenvalue weighted by Crippen LogP contribution is -2.31. The Kier molecular flexibility index (Phi) is 6.36. The molecule has 5 nitrogen and oxygen atoms in total. The van der Waals surface area contributed by atoms with Crippen molar-refractivity contribution in [3.05, 3.63) is 29.8 Å². The van der Waals surface area contributed by atoms with Crippen LogP contribution in [0.1, 0.15) is 38.8 Å². The third kappa shape index (κ3) is 5.47. The zero-order valence-electron chi connectivity index (χ0n) is 13.0. The molecule has 1 aromatic rings. The van der Waals surface area contributed by atoms with Gasteiger partial charge in [0.25, 0.3) is 0 Å². The Morgan fingerprint density at radius 1 is 1.19 bits per heavy atom. The van der Waals surface area contributed by atoms with E-state index in [0.717, 1.165) is 24.8 Å². The smallest absolute Gasteiger partial charge is 0.242 e. The van der Waals surface area contributed by atoms with Crippen LogP contribution >= 0.6 is 0 Å². The highest BCUT2D eigenvalue weighted by Crippen LogP contribution is 2.16. The second-order valence-electron chi connectivity index (χ2n) is 5.26. The average molecular weight is 312 g/mol. The molecule has 118 valence electrons. The third-order valence-electron chi connectivity index (χ3n) is 3.39. The van der Waals surface area contributed by atoms with Crippen molar-refractivity contribution in [1.82, 2.24) is 5.32 Å². The number of anilines is 1. The molecule has 1 aromatic carbocycles. The number of carbonyl (C=O) groups is 1. The third-order valence-corrected chi connectivity index (χ3v) is 4.89. The van der Waals surface area contributed by atoms with E-state index in [1.807, 2.05) is 12.1 Å². The van der Waals surface area contributed by atoms with Crippen LogP contribution in [-0.2, 0) is 14.6 Å². The lowest BCUT2D eigenvalue weighted by Gasteiger charge is -2.15. The quantitative estimate of drug-likeness (QED) is 0.808. The van der Waals surface area contributed by atoms with Gasteiger partial charge in [-0.2, -0.15) is 0 Å². The minimum atomic E-state index is -3.38. The van der Waals surface area contributed by atoms with Crippen LogP contribution in [0.25, 0.3) is 0 Å². The number of benzene rings is 1. The van der Waals surface area contributed by atoms with E-state index in [0.29, 0.717) is 5.69 Å². The van der Waals surface area contributed by atoms with Gasteiger partial charge in [-0.3, -0.25) is 4.79 Å². The highest BCUT2D eigenvalue weighted by molar-refractivity contribution is 7.92. The number of sulfone groups is 1. The van der Waals surface area contributed by atoms with Crippen molar-refractivity contribution in [2.75, 3.05) is 18.1 Å². The molecule has 1 rings (SSSR count). The second kappa shape index (κ2) is 7.56. The van der Waals surface area contributed by atoms with Crippen LogP contribution in [0.15, 0.2) is 24.3 Å². The Morgan fingerprint density at radius 3 is 2.24 bits per heavy atom. The first-order valence-corrected chi connectivity index (χ1v) is 9.04. The number of nitrogens with one attached hydrogen (secondary N) is 2.